The summed E-state index contributed by atoms with van der Waals surface area (Å²) in [6.45, 7) is 0.254. The van der Waals surface area contributed by atoms with Gasteiger partial charge in [0, 0.05) is 30.2 Å². The van der Waals surface area contributed by atoms with Gasteiger partial charge in [0.15, 0.2) is 0 Å². The normalized spacial score (nSPS) is 10.5. The molecule has 0 radical (unpaired) electrons. The van der Waals surface area contributed by atoms with E-state index in [0.717, 1.165) is 18.2 Å². The number of hydrogen-bond acceptors (Lipinski definition) is 3. The molecule has 0 saturated carbocycles. The lowest BCUT2D eigenvalue weighted by Gasteiger charge is -2.05. The second kappa shape index (κ2) is 7.78. The van der Waals surface area contributed by atoms with Gasteiger partial charge in [-0.05, 0) is 24.6 Å². The molecule has 21 heavy (non-hydrogen) atoms. The van der Waals surface area contributed by atoms with Gasteiger partial charge in [0.05, 0.1) is 0 Å². The summed E-state index contributed by atoms with van der Waals surface area (Å²) in [5.41, 5.74) is 5.14. The number of benzene rings is 1. The number of primary amides is 1. The first-order chi connectivity index (χ1) is 9.90. The van der Waals surface area contributed by atoms with Crippen LogP contribution in [-0.4, -0.2) is 29.4 Å². The molecular weight excluding hydrogens is 279 g/mol. The lowest BCUT2D eigenvalue weighted by atomic mass is 10.1. The monoisotopic (exact) mass is 294 g/mol. The summed E-state index contributed by atoms with van der Waals surface area (Å²) in [6.07, 6.45) is 2.48. The van der Waals surface area contributed by atoms with Crippen molar-refractivity contribution in [3.8, 4) is 0 Å². The summed E-state index contributed by atoms with van der Waals surface area (Å²) in [7, 11) is 0. The van der Waals surface area contributed by atoms with Crippen LogP contribution in [-0.2, 0) is 9.59 Å². The van der Waals surface area contributed by atoms with Gasteiger partial charge in [-0.2, -0.15) is 0 Å². The molecule has 0 atom stereocenters. The molecule has 1 aromatic carbocycles. The zero-order chi connectivity index (χ0) is 15.8. The molecule has 0 fully saturated rings. The predicted molar refractivity (Wildman–Crippen MR) is 73.8 cm³/mol. The zero-order valence-corrected chi connectivity index (χ0v) is 11.1. The lowest BCUT2D eigenvalue weighted by molar-refractivity contribution is -0.131. The smallest absolute Gasteiger partial charge is 0.328 e. The molecule has 1 rings (SSSR count). The van der Waals surface area contributed by atoms with E-state index in [1.165, 1.54) is 12.1 Å². The zero-order valence-electron chi connectivity index (χ0n) is 11.1. The largest absolute Gasteiger partial charge is 0.478 e. The molecule has 1 aromatic rings. The topological polar surface area (TPSA) is 109 Å². The number of amides is 2. The van der Waals surface area contributed by atoms with Crippen molar-refractivity contribution < 1.29 is 23.9 Å². The van der Waals surface area contributed by atoms with E-state index in [-0.39, 0.29) is 24.1 Å². The van der Waals surface area contributed by atoms with Gasteiger partial charge in [0.1, 0.15) is 5.82 Å². The number of rotatable bonds is 7. The van der Waals surface area contributed by atoms with E-state index in [1.807, 2.05) is 0 Å². The van der Waals surface area contributed by atoms with Crippen molar-refractivity contribution in [3.63, 3.8) is 0 Å². The van der Waals surface area contributed by atoms with Crippen molar-refractivity contribution in [2.75, 3.05) is 6.54 Å². The Bertz CT molecular complexity index is 584. The average Bonchev–Trinajstić information content (AvgIpc) is 2.41. The third-order valence-corrected chi connectivity index (χ3v) is 2.55. The highest BCUT2D eigenvalue weighted by molar-refractivity contribution is 5.94. The van der Waals surface area contributed by atoms with Crippen molar-refractivity contribution in [1.29, 1.82) is 0 Å². The highest BCUT2D eigenvalue weighted by atomic mass is 19.1. The Morgan fingerprint density at radius 2 is 2.05 bits per heavy atom. The van der Waals surface area contributed by atoms with Gasteiger partial charge in [0.2, 0.25) is 5.91 Å². The number of aliphatic carboxylic acids is 1. The molecule has 2 amide bonds. The Morgan fingerprint density at radius 3 is 2.62 bits per heavy atom. The molecule has 6 nitrogen and oxygen atoms in total. The van der Waals surface area contributed by atoms with Crippen LogP contribution in [0.5, 0.6) is 0 Å². The minimum absolute atomic E-state index is 0.0719. The fourth-order valence-electron chi connectivity index (χ4n) is 1.53. The number of carbonyl (C=O) groups excluding carboxylic acids is 2. The van der Waals surface area contributed by atoms with E-state index in [1.54, 1.807) is 0 Å². The minimum Gasteiger partial charge on any atom is -0.478 e. The first kappa shape index (κ1) is 16.4. The molecule has 0 heterocycles. The van der Waals surface area contributed by atoms with Crippen LogP contribution < -0.4 is 11.1 Å². The molecule has 0 spiro atoms. The highest BCUT2D eigenvalue weighted by Crippen LogP contribution is 2.12. The van der Waals surface area contributed by atoms with E-state index in [9.17, 15) is 18.8 Å². The first-order valence-electron chi connectivity index (χ1n) is 6.17. The fourth-order valence-corrected chi connectivity index (χ4v) is 1.53. The van der Waals surface area contributed by atoms with Gasteiger partial charge >= 0.3 is 5.97 Å². The molecule has 4 N–H and O–H groups in total. The number of halogens is 1. The molecule has 112 valence electrons. The Kier molecular flexibility index (Phi) is 6.06. The fraction of sp³-hybridized carbons (Fsp3) is 0.214. The van der Waals surface area contributed by atoms with E-state index in [2.05, 4.69) is 5.32 Å². The van der Waals surface area contributed by atoms with Gasteiger partial charge in [-0.25, -0.2) is 9.18 Å². The van der Waals surface area contributed by atoms with Gasteiger partial charge in [-0.15, -0.1) is 0 Å². The van der Waals surface area contributed by atoms with Crippen LogP contribution in [0.2, 0.25) is 0 Å². The van der Waals surface area contributed by atoms with Crippen molar-refractivity contribution in [1.82, 2.24) is 5.32 Å². The van der Waals surface area contributed by atoms with Crippen LogP contribution in [0, 0.1) is 5.82 Å². The molecular formula is C14H15FN2O4. The molecule has 0 unspecified atom stereocenters. The molecule has 0 bridgehead atoms. The maximum atomic E-state index is 13.7. The van der Waals surface area contributed by atoms with Gasteiger partial charge in [0.25, 0.3) is 5.91 Å². The lowest BCUT2D eigenvalue weighted by Crippen LogP contribution is -2.25. The van der Waals surface area contributed by atoms with Crippen LogP contribution >= 0.6 is 0 Å². The van der Waals surface area contributed by atoms with Crippen molar-refractivity contribution in [2.45, 2.75) is 12.8 Å². The molecule has 0 aliphatic heterocycles. The highest BCUT2D eigenvalue weighted by Gasteiger charge is 2.08. The van der Waals surface area contributed by atoms with Gasteiger partial charge < -0.3 is 16.2 Å². The molecule has 0 aromatic heterocycles. The maximum absolute atomic E-state index is 13.7. The molecule has 7 heteroatoms. The van der Waals surface area contributed by atoms with E-state index in [4.69, 9.17) is 10.8 Å². The Labute approximate surface area is 120 Å². The van der Waals surface area contributed by atoms with Crippen LogP contribution in [0.25, 0.3) is 6.08 Å². The minimum atomic E-state index is -1.19. The van der Waals surface area contributed by atoms with Crippen molar-refractivity contribution in [3.05, 3.63) is 41.2 Å². The van der Waals surface area contributed by atoms with E-state index in [0.29, 0.717) is 6.42 Å². The molecule has 0 saturated heterocycles. The summed E-state index contributed by atoms with van der Waals surface area (Å²) in [5, 5.41) is 11.0. The summed E-state index contributed by atoms with van der Waals surface area (Å²) in [4.78, 5) is 32.6. The number of carboxylic acid groups (broad SMARTS) is 1. The second-order valence-corrected chi connectivity index (χ2v) is 4.23. The SMILES string of the molecule is NC(=O)CCCNC(=O)c1ccc(C=CC(=O)O)c(F)c1. The quantitative estimate of drug-likeness (QED) is 0.513. The third kappa shape index (κ3) is 5.85. The summed E-state index contributed by atoms with van der Waals surface area (Å²) < 4.78 is 13.7. The number of nitrogens with one attached hydrogen (secondary N) is 1. The number of carbonyl (C=O) groups is 3. The van der Waals surface area contributed by atoms with Crippen LogP contribution in [0.15, 0.2) is 24.3 Å². The van der Waals surface area contributed by atoms with E-state index >= 15 is 0 Å². The van der Waals surface area contributed by atoms with Crippen LogP contribution in [0.3, 0.4) is 0 Å². The second-order valence-electron chi connectivity index (χ2n) is 4.23. The molecule has 0 aliphatic rings. The summed E-state index contributed by atoms with van der Waals surface area (Å²) in [6, 6.07) is 3.71. The first-order valence-corrected chi connectivity index (χ1v) is 6.17. The van der Waals surface area contributed by atoms with Crippen molar-refractivity contribution in [2.24, 2.45) is 5.73 Å². The van der Waals surface area contributed by atoms with E-state index < -0.39 is 23.6 Å². The average molecular weight is 294 g/mol. The maximum Gasteiger partial charge on any atom is 0.328 e. The third-order valence-electron chi connectivity index (χ3n) is 2.55. The summed E-state index contributed by atoms with van der Waals surface area (Å²) in [5.74, 6) is -2.82. The molecule has 0 aliphatic carbocycles. The summed E-state index contributed by atoms with van der Waals surface area (Å²) >= 11 is 0. The Morgan fingerprint density at radius 1 is 1.33 bits per heavy atom. The Hall–Kier alpha value is -2.70. The van der Waals surface area contributed by atoms with Crippen molar-refractivity contribution >= 4 is 23.9 Å². The predicted octanol–water partition coefficient (Wildman–Crippen LogP) is 0.919. The number of carboxylic acids is 1. The van der Waals surface area contributed by atoms with Crippen LogP contribution in [0.1, 0.15) is 28.8 Å². The van der Waals surface area contributed by atoms with Crippen LogP contribution in [0.4, 0.5) is 4.39 Å². The standard InChI is InChI=1S/C14H15FN2O4/c15-11-8-10(4-3-9(11)5-6-13(19)20)14(21)17-7-1-2-12(16)18/h3-6,8H,1-2,7H2,(H2,16,18)(H,17,21)(H,19,20). The van der Waals surface area contributed by atoms with Gasteiger partial charge in [-0.3, -0.25) is 9.59 Å². The van der Waals surface area contributed by atoms with Gasteiger partial charge in [-0.1, -0.05) is 6.07 Å². The number of hydrogen-bond donors (Lipinski definition) is 3. The number of nitrogens with two attached hydrogens (primary N) is 1. The Balaban J connectivity index is 2.63.